The third kappa shape index (κ3) is 3.47. The minimum Gasteiger partial charge on any atom is -0.388 e. The van der Waals surface area contributed by atoms with Crippen molar-refractivity contribution in [2.24, 2.45) is 11.7 Å². The molecule has 0 fully saturated rings. The topological polar surface area (TPSA) is 46.2 Å². The van der Waals surface area contributed by atoms with Crippen molar-refractivity contribution in [2.75, 3.05) is 6.54 Å². The second-order valence-electron chi connectivity index (χ2n) is 4.01. The molecule has 1 aromatic carbocycles. The molecule has 0 aliphatic carbocycles. The van der Waals surface area contributed by atoms with E-state index < -0.39 is 17.7 Å². The van der Waals surface area contributed by atoms with Crippen molar-refractivity contribution >= 4 is 15.9 Å². The second kappa shape index (κ2) is 6.42. The van der Waals surface area contributed by atoms with Gasteiger partial charge in [-0.15, -0.1) is 0 Å². The first-order valence-corrected chi connectivity index (χ1v) is 6.33. The molecule has 96 valence electrons. The predicted octanol–water partition coefficient (Wildman–Crippen LogP) is 3.14. The Hall–Kier alpha value is -0.520. The molecule has 2 atom stereocenters. The Bertz CT molecular complexity index is 364. The highest BCUT2D eigenvalue weighted by Crippen LogP contribution is 2.31. The van der Waals surface area contributed by atoms with Gasteiger partial charge in [-0.25, -0.2) is 8.78 Å². The molecule has 5 heteroatoms. The van der Waals surface area contributed by atoms with E-state index in [1.54, 1.807) is 0 Å². The molecule has 0 saturated heterocycles. The SMILES string of the molecule is CCCC(CN)C(O)c1c(F)cc(Br)cc1F. The molecule has 3 N–H and O–H groups in total. The fraction of sp³-hybridized carbons (Fsp3) is 0.500. The van der Waals surface area contributed by atoms with Crippen LogP contribution in [0, 0.1) is 17.6 Å². The van der Waals surface area contributed by atoms with Gasteiger partial charge in [0.1, 0.15) is 11.6 Å². The third-order valence-corrected chi connectivity index (χ3v) is 3.21. The maximum Gasteiger partial charge on any atom is 0.133 e. The van der Waals surface area contributed by atoms with Crippen LogP contribution in [0.4, 0.5) is 8.78 Å². The van der Waals surface area contributed by atoms with Crippen LogP contribution in [-0.2, 0) is 0 Å². The lowest BCUT2D eigenvalue weighted by Crippen LogP contribution is -2.23. The Morgan fingerprint density at radius 2 is 1.88 bits per heavy atom. The molecule has 0 aromatic heterocycles. The number of halogens is 3. The molecule has 2 unspecified atom stereocenters. The van der Waals surface area contributed by atoms with E-state index in [0.29, 0.717) is 10.9 Å². The summed E-state index contributed by atoms with van der Waals surface area (Å²) in [6.07, 6.45) is 0.235. The van der Waals surface area contributed by atoms with Crippen molar-refractivity contribution in [3.8, 4) is 0 Å². The maximum absolute atomic E-state index is 13.6. The van der Waals surface area contributed by atoms with Crippen LogP contribution in [0.15, 0.2) is 16.6 Å². The summed E-state index contributed by atoms with van der Waals surface area (Å²) in [7, 11) is 0. The van der Waals surface area contributed by atoms with Crippen LogP contribution < -0.4 is 5.73 Å². The molecule has 0 bridgehead atoms. The summed E-state index contributed by atoms with van der Waals surface area (Å²) in [6.45, 7) is 2.13. The molecule has 0 saturated carbocycles. The van der Waals surface area contributed by atoms with Crippen molar-refractivity contribution < 1.29 is 13.9 Å². The zero-order valence-electron chi connectivity index (χ0n) is 9.59. The summed E-state index contributed by atoms with van der Waals surface area (Å²) in [5.74, 6) is -1.83. The van der Waals surface area contributed by atoms with Gasteiger partial charge in [-0.1, -0.05) is 29.3 Å². The third-order valence-electron chi connectivity index (χ3n) is 2.75. The molecular weight excluding hydrogens is 292 g/mol. The molecular formula is C12H16BrF2NO. The molecule has 0 aliphatic rings. The maximum atomic E-state index is 13.6. The summed E-state index contributed by atoms with van der Waals surface area (Å²) in [4.78, 5) is 0. The number of benzene rings is 1. The molecule has 0 amide bonds. The Morgan fingerprint density at radius 1 is 1.35 bits per heavy atom. The lowest BCUT2D eigenvalue weighted by molar-refractivity contribution is 0.0989. The number of aliphatic hydroxyl groups excluding tert-OH is 1. The molecule has 1 rings (SSSR count). The standard InChI is InChI=1S/C12H16BrF2NO/c1-2-3-7(6-16)12(17)11-9(14)4-8(13)5-10(11)15/h4-5,7,12,17H,2-3,6,16H2,1H3. The van der Waals surface area contributed by atoms with Gasteiger partial charge in [-0.05, 0) is 25.1 Å². The van der Waals surface area contributed by atoms with Crippen LogP contribution in [0.3, 0.4) is 0 Å². The Morgan fingerprint density at radius 3 is 2.29 bits per heavy atom. The molecule has 0 radical (unpaired) electrons. The van der Waals surface area contributed by atoms with Gasteiger partial charge >= 0.3 is 0 Å². The Labute approximate surface area is 108 Å². The highest BCUT2D eigenvalue weighted by atomic mass is 79.9. The predicted molar refractivity (Wildman–Crippen MR) is 66.5 cm³/mol. The first-order chi connectivity index (χ1) is 8.01. The average Bonchev–Trinajstić information content (AvgIpc) is 2.24. The fourth-order valence-electron chi connectivity index (χ4n) is 1.85. The van der Waals surface area contributed by atoms with Crippen LogP contribution >= 0.6 is 15.9 Å². The van der Waals surface area contributed by atoms with E-state index >= 15 is 0 Å². The zero-order valence-corrected chi connectivity index (χ0v) is 11.2. The van der Waals surface area contributed by atoms with E-state index in [1.165, 1.54) is 0 Å². The number of aliphatic hydroxyl groups is 1. The van der Waals surface area contributed by atoms with E-state index in [1.807, 2.05) is 6.92 Å². The highest BCUT2D eigenvalue weighted by molar-refractivity contribution is 9.10. The van der Waals surface area contributed by atoms with E-state index in [9.17, 15) is 13.9 Å². The van der Waals surface area contributed by atoms with Crippen LogP contribution in [0.5, 0.6) is 0 Å². The van der Waals surface area contributed by atoms with Gasteiger partial charge in [-0.3, -0.25) is 0 Å². The largest absolute Gasteiger partial charge is 0.388 e. The van der Waals surface area contributed by atoms with Crippen molar-refractivity contribution in [1.82, 2.24) is 0 Å². The number of nitrogens with two attached hydrogens (primary N) is 1. The van der Waals surface area contributed by atoms with Crippen LogP contribution in [-0.4, -0.2) is 11.7 Å². The van der Waals surface area contributed by atoms with Crippen LogP contribution in [0.1, 0.15) is 31.4 Å². The summed E-state index contributed by atoms with van der Waals surface area (Å²) in [5, 5.41) is 9.99. The van der Waals surface area contributed by atoms with Gasteiger partial charge in [0.25, 0.3) is 0 Å². The molecule has 0 heterocycles. The lowest BCUT2D eigenvalue weighted by Gasteiger charge is -2.22. The minimum absolute atomic E-state index is 0.198. The summed E-state index contributed by atoms with van der Waals surface area (Å²) < 4.78 is 27.6. The van der Waals surface area contributed by atoms with E-state index in [0.717, 1.165) is 18.6 Å². The second-order valence-corrected chi connectivity index (χ2v) is 4.93. The van der Waals surface area contributed by atoms with Gasteiger partial charge in [0.2, 0.25) is 0 Å². The molecule has 1 aromatic rings. The van der Waals surface area contributed by atoms with Crippen molar-refractivity contribution in [3.63, 3.8) is 0 Å². The van der Waals surface area contributed by atoms with Crippen LogP contribution in [0.25, 0.3) is 0 Å². The molecule has 2 nitrogen and oxygen atoms in total. The molecule has 0 spiro atoms. The zero-order chi connectivity index (χ0) is 13.0. The average molecular weight is 308 g/mol. The number of rotatable bonds is 5. The fourth-order valence-corrected chi connectivity index (χ4v) is 2.25. The first-order valence-electron chi connectivity index (χ1n) is 5.53. The van der Waals surface area contributed by atoms with Gasteiger partial charge in [0.05, 0.1) is 11.7 Å². The first kappa shape index (κ1) is 14.5. The molecule has 17 heavy (non-hydrogen) atoms. The smallest absolute Gasteiger partial charge is 0.133 e. The van der Waals surface area contributed by atoms with Gasteiger partial charge in [0, 0.05) is 10.4 Å². The van der Waals surface area contributed by atoms with E-state index in [4.69, 9.17) is 5.73 Å². The quantitative estimate of drug-likeness (QED) is 0.878. The highest BCUT2D eigenvalue weighted by Gasteiger charge is 2.25. The van der Waals surface area contributed by atoms with Crippen molar-refractivity contribution in [2.45, 2.75) is 25.9 Å². The number of hydrogen-bond acceptors (Lipinski definition) is 2. The van der Waals surface area contributed by atoms with Gasteiger partial charge in [-0.2, -0.15) is 0 Å². The summed E-state index contributed by atoms with van der Waals surface area (Å²) in [5.41, 5.74) is 5.22. The summed E-state index contributed by atoms with van der Waals surface area (Å²) >= 11 is 2.99. The Balaban J connectivity index is 3.06. The monoisotopic (exact) mass is 307 g/mol. The molecule has 0 aliphatic heterocycles. The lowest BCUT2D eigenvalue weighted by atomic mass is 9.91. The van der Waals surface area contributed by atoms with Gasteiger partial charge in [0.15, 0.2) is 0 Å². The normalized spacial score (nSPS) is 14.7. The van der Waals surface area contributed by atoms with Crippen molar-refractivity contribution in [3.05, 3.63) is 33.8 Å². The number of hydrogen-bond donors (Lipinski definition) is 2. The minimum atomic E-state index is -1.20. The van der Waals surface area contributed by atoms with Crippen molar-refractivity contribution in [1.29, 1.82) is 0 Å². The van der Waals surface area contributed by atoms with Crippen LogP contribution in [0.2, 0.25) is 0 Å². The van der Waals surface area contributed by atoms with Gasteiger partial charge < -0.3 is 10.8 Å². The summed E-state index contributed by atoms with van der Waals surface area (Å²) in [6, 6.07) is 2.28. The van der Waals surface area contributed by atoms with E-state index in [-0.39, 0.29) is 18.0 Å². The Kier molecular flexibility index (Phi) is 5.49. The van der Waals surface area contributed by atoms with E-state index in [2.05, 4.69) is 15.9 Å².